The Morgan fingerprint density at radius 2 is 2.11 bits per heavy atom. The molecular formula is C13H22N2O2S2. The second-order valence-electron chi connectivity index (χ2n) is 5.48. The molecule has 1 aliphatic carbocycles. The van der Waals surface area contributed by atoms with Crippen molar-refractivity contribution >= 4 is 21.4 Å². The number of sulfonamides is 1. The second kappa shape index (κ2) is 5.52. The van der Waals surface area contributed by atoms with E-state index in [1.807, 2.05) is 13.8 Å². The molecule has 1 fully saturated rings. The molecule has 1 aromatic heterocycles. The predicted octanol–water partition coefficient (Wildman–Crippen LogP) is 2.39. The monoisotopic (exact) mass is 302 g/mol. The van der Waals surface area contributed by atoms with Gasteiger partial charge >= 0.3 is 0 Å². The summed E-state index contributed by atoms with van der Waals surface area (Å²) in [5.74, 6) is 0. The Balaban J connectivity index is 2.11. The van der Waals surface area contributed by atoms with E-state index in [0.29, 0.717) is 4.90 Å². The molecule has 6 heteroatoms. The molecule has 0 bridgehead atoms. The van der Waals surface area contributed by atoms with Gasteiger partial charge in [-0.05, 0) is 45.7 Å². The summed E-state index contributed by atoms with van der Waals surface area (Å²) in [5.41, 5.74) is -0.214. The van der Waals surface area contributed by atoms with Crippen molar-refractivity contribution in [2.75, 3.05) is 6.54 Å². The summed E-state index contributed by atoms with van der Waals surface area (Å²) in [6.45, 7) is 7.64. The normalized spacial score (nSPS) is 17.6. The quantitative estimate of drug-likeness (QED) is 0.760. The summed E-state index contributed by atoms with van der Waals surface area (Å²) in [6.07, 6.45) is 2.94. The average Bonchev–Trinajstić information content (AvgIpc) is 2.87. The van der Waals surface area contributed by atoms with Crippen LogP contribution in [0.25, 0.3) is 0 Å². The molecule has 0 spiro atoms. The number of rotatable bonds is 7. The zero-order chi connectivity index (χ0) is 14.1. The Morgan fingerprint density at radius 1 is 1.42 bits per heavy atom. The Kier molecular flexibility index (Phi) is 4.35. The Bertz CT molecular complexity index is 545. The fourth-order valence-electron chi connectivity index (χ4n) is 1.94. The second-order valence-corrected chi connectivity index (χ2v) is 8.47. The van der Waals surface area contributed by atoms with Crippen LogP contribution in [0.3, 0.4) is 0 Å². The van der Waals surface area contributed by atoms with Gasteiger partial charge in [0.1, 0.15) is 0 Å². The summed E-state index contributed by atoms with van der Waals surface area (Å²) < 4.78 is 27.5. The van der Waals surface area contributed by atoms with Crippen LogP contribution in [-0.4, -0.2) is 20.5 Å². The zero-order valence-electron chi connectivity index (χ0n) is 11.7. The predicted molar refractivity (Wildman–Crippen MR) is 79.0 cm³/mol. The highest BCUT2D eigenvalue weighted by Crippen LogP contribution is 2.37. The van der Waals surface area contributed by atoms with Gasteiger partial charge in [-0.25, -0.2) is 13.1 Å². The molecule has 0 atom stereocenters. The van der Waals surface area contributed by atoms with E-state index >= 15 is 0 Å². The van der Waals surface area contributed by atoms with Crippen LogP contribution in [0.4, 0.5) is 0 Å². The molecule has 19 heavy (non-hydrogen) atoms. The first-order chi connectivity index (χ1) is 8.86. The average molecular weight is 302 g/mol. The van der Waals surface area contributed by atoms with E-state index in [4.69, 9.17) is 0 Å². The van der Waals surface area contributed by atoms with Gasteiger partial charge < -0.3 is 5.32 Å². The molecule has 4 nitrogen and oxygen atoms in total. The maximum atomic E-state index is 12.3. The van der Waals surface area contributed by atoms with Crippen LogP contribution in [0.5, 0.6) is 0 Å². The maximum Gasteiger partial charge on any atom is 0.242 e. The van der Waals surface area contributed by atoms with Crippen molar-refractivity contribution in [3.63, 3.8) is 0 Å². The van der Waals surface area contributed by atoms with Crippen LogP contribution in [0.15, 0.2) is 11.0 Å². The van der Waals surface area contributed by atoms with Crippen molar-refractivity contribution in [2.24, 2.45) is 0 Å². The van der Waals surface area contributed by atoms with E-state index in [1.54, 1.807) is 17.4 Å². The molecule has 1 aliphatic rings. The molecule has 0 radical (unpaired) electrons. The number of aryl methyl sites for hydroxylation is 1. The number of nitrogens with one attached hydrogen (secondary N) is 2. The van der Waals surface area contributed by atoms with Crippen LogP contribution in [0.1, 0.15) is 42.9 Å². The van der Waals surface area contributed by atoms with Crippen LogP contribution >= 0.6 is 11.3 Å². The Morgan fingerprint density at radius 3 is 2.68 bits per heavy atom. The fraction of sp³-hybridized carbons (Fsp3) is 0.692. The summed E-state index contributed by atoms with van der Waals surface area (Å²) in [4.78, 5) is 2.39. The van der Waals surface area contributed by atoms with Crippen molar-refractivity contribution < 1.29 is 8.42 Å². The van der Waals surface area contributed by atoms with Gasteiger partial charge in [0.25, 0.3) is 0 Å². The third kappa shape index (κ3) is 3.78. The molecule has 2 N–H and O–H groups in total. The van der Waals surface area contributed by atoms with E-state index in [0.717, 1.165) is 42.1 Å². The molecule has 1 aromatic rings. The van der Waals surface area contributed by atoms with Gasteiger partial charge in [0.05, 0.1) is 4.90 Å². The molecular weight excluding hydrogens is 280 g/mol. The highest BCUT2D eigenvalue weighted by Gasteiger charge is 2.41. The molecule has 0 aliphatic heterocycles. The Hall–Kier alpha value is -0.430. The van der Waals surface area contributed by atoms with Crippen LogP contribution in [0.2, 0.25) is 0 Å². The van der Waals surface area contributed by atoms with Crippen molar-refractivity contribution in [1.29, 1.82) is 0 Å². The van der Waals surface area contributed by atoms with Gasteiger partial charge in [0.15, 0.2) is 0 Å². The summed E-state index contributed by atoms with van der Waals surface area (Å²) in [7, 11) is -3.36. The largest absolute Gasteiger partial charge is 0.312 e. The van der Waals surface area contributed by atoms with Crippen LogP contribution < -0.4 is 10.0 Å². The lowest BCUT2D eigenvalue weighted by Gasteiger charge is -2.11. The van der Waals surface area contributed by atoms with Crippen molar-refractivity contribution in [3.05, 3.63) is 15.8 Å². The first-order valence-electron chi connectivity index (χ1n) is 6.70. The number of thiophene rings is 1. The molecule has 1 saturated carbocycles. The smallest absolute Gasteiger partial charge is 0.242 e. The highest BCUT2D eigenvalue weighted by atomic mass is 32.2. The maximum absolute atomic E-state index is 12.3. The lowest BCUT2D eigenvalue weighted by molar-refractivity contribution is 0.558. The van der Waals surface area contributed by atoms with E-state index in [9.17, 15) is 8.42 Å². The van der Waals surface area contributed by atoms with E-state index in [-0.39, 0.29) is 5.54 Å². The van der Waals surface area contributed by atoms with Crippen LogP contribution in [-0.2, 0) is 16.6 Å². The standard InChI is InChI=1S/C13H22N2O2S2/c1-4-7-14-9-11-8-12(10(2)18-11)19(16,17)15-13(3)5-6-13/h8,14-15H,4-7,9H2,1-3H3. The topological polar surface area (TPSA) is 58.2 Å². The molecule has 0 aromatic carbocycles. The van der Waals surface area contributed by atoms with Crippen molar-refractivity contribution in [2.45, 2.75) is 57.0 Å². The summed E-state index contributed by atoms with van der Waals surface area (Å²) in [5, 5.41) is 3.30. The number of hydrogen-bond donors (Lipinski definition) is 2. The molecule has 0 unspecified atom stereocenters. The van der Waals surface area contributed by atoms with Crippen molar-refractivity contribution in [3.8, 4) is 0 Å². The third-order valence-corrected chi connectivity index (χ3v) is 6.26. The van der Waals surface area contributed by atoms with Gasteiger partial charge in [-0.1, -0.05) is 6.92 Å². The van der Waals surface area contributed by atoms with E-state index in [1.165, 1.54) is 0 Å². The molecule has 2 rings (SSSR count). The van der Waals surface area contributed by atoms with Gasteiger partial charge in [-0.3, -0.25) is 0 Å². The van der Waals surface area contributed by atoms with Gasteiger partial charge in [-0.2, -0.15) is 0 Å². The first-order valence-corrected chi connectivity index (χ1v) is 9.00. The lowest BCUT2D eigenvalue weighted by Crippen LogP contribution is -2.34. The highest BCUT2D eigenvalue weighted by molar-refractivity contribution is 7.89. The molecule has 0 amide bonds. The summed E-state index contributed by atoms with van der Waals surface area (Å²) >= 11 is 1.56. The Labute approximate surface area is 119 Å². The first kappa shape index (κ1) is 15.0. The zero-order valence-corrected chi connectivity index (χ0v) is 13.4. The van der Waals surface area contributed by atoms with Gasteiger partial charge in [-0.15, -0.1) is 11.3 Å². The lowest BCUT2D eigenvalue weighted by atomic mass is 10.4. The van der Waals surface area contributed by atoms with E-state index in [2.05, 4.69) is 17.0 Å². The SMILES string of the molecule is CCCNCc1cc(S(=O)(=O)NC2(C)CC2)c(C)s1. The fourth-order valence-corrected chi connectivity index (χ4v) is 5.01. The number of hydrogen-bond acceptors (Lipinski definition) is 4. The minimum atomic E-state index is -3.36. The third-order valence-electron chi connectivity index (χ3n) is 3.32. The van der Waals surface area contributed by atoms with Gasteiger partial charge in [0.2, 0.25) is 10.0 Å². The molecule has 1 heterocycles. The van der Waals surface area contributed by atoms with E-state index < -0.39 is 10.0 Å². The van der Waals surface area contributed by atoms with Crippen LogP contribution in [0, 0.1) is 6.92 Å². The molecule has 0 saturated heterocycles. The minimum absolute atomic E-state index is 0.214. The minimum Gasteiger partial charge on any atom is -0.312 e. The van der Waals surface area contributed by atoms with Gasteiger partial charge in [0, 0.05) is 21.8 Å². The van der Waals surface area contributed by atoms with Crippen molar-refractivity contribution in [1.82, 2.24) is 10.0 Å². The summed E-state index contributed by atoms with van der Waals surface area (Å²) in [6, 6.07) is 1.80. The molecule has 108 valence electrons.